The number of anilines is 1. The Balaban J connectivity index is 1.61. The molecule has 0 spiro atoms. The number of rotatable bonds is 7. The lowest BCUT2D eigenvalue weighted by Crippen LogP contribution is -2.26. The Morgan fingerprint density at radius 3 is 2.59 bits per heavy atom. The zero-order valence-electron chi connectivity index (χ0n) is 19.1. The van der Waals surface area contributed by atoms with E-state index >= 15 is 0 Å². The van der Waals surface area contributed by atoms with E-state index in [-0.39, 0.29) is 17.4 Å². The van der Waals surface area contributed by atoms with Crippen LogP contribution in [0.1, 0.15) is 35.3 Å². The van der Waals surface area contributed by atoms with Gasteiger partial charge in [-0.3, -0.25) is 4.79 Å². The maximum atomic E-state index is 13.3. The molecule has 0 saturated carbocycles. The van der Waals surface area contributed by atoms with E-state index < -0.39 is 0 Å². The summed E-state index contributed by atoms with van der Waals surface area (Å²) in [5.41, 5.74) is 3.80. The Labute approximate surface area is 196 Å². The lowest BCUT2D eigenvalue weighted by molar-refractivity contribution is 0.412. The van der Waals surface area contributed by atoms with Crippen molar-refractivity contribution in [3.05, 3.63) is 106 Å². The van der Waals surface area contributed by atoms with Crippen LogP contribution in [0.4, 0.5) is 10.1 Å². The van der Waals surface area contributed by atoms with Crippen LogP contribution in [0.5, 0.6) is 5.75 Å². The molecular weight excluding hydrogens is 433 g/mol. The number of hydrogen-bond donors (Lipinski definition) is 1. The predicted molar refractivity (Wildman–Crippen MR) is 128 cm³/mol. The largest absolute Gasteiger partial charge is 0.495 e. The SMILES string of the molecule is COc1cc(CNc2cc(C#N)cn([C@@H](C)c3ccc(F)cc3)c2=O)ccc1-n1cnc(C)c1. The first kappa shape index (κ1) is 22.8. The molecule has 4 rings (SSSR count). The van der Waals surface area contributed by atoms with E-state index in [1.54, 1.807) is 25.6 Å². The Hall–Kier alpha value is -4.38. The maximum Gasteiger partial charge on any atom is 0.274 e. The number of aryl methyl sites for hydroxylation is 1. The highest BCUT2D eigenvalue weighted by Crippen LogP contribution is 2.25. The van der Waals surface area contributed by atoms with Gasteiger partial charge in [-0.2, -0.15) is 5.26 Å². The summed E-state index contributed by atoms with van der Waals surface area (Å²) in [4.78, 5) is 17.4. The minimum absolute atomic E-state index is 0.270. The van der Waals surface area contributed by atoms with Crippen molar-refractivity contribution in [3.8, 4) is 17.5 Å². The highest BCUT2D eigenvalue weighted by Gasteiger charge is 2.15. The number of hydrogen-bond acceptors (Lipinski definition) is 5. The van der Waals surface area contributed by atoms with Gasteiger partial charge in [0.2, 0.25) is 0 Å². The second-order valence-corrected chi connectivity index (χ2v) is 7.98. The predicted octanol–water partition coefficient (Wildman–Crippen LogP) is 4.58. The molecule has 2 aromatic carbocycles. The molecule has 0 unspecified atom stereocenters. The average molecular weight is 458 g/mol. The molecule has 0 aliphatic rings. The first-order valence-electron chi connectivity index (χ1n) is 10.7. The number of nitrogens with one attached hydrogen (secondary N) is 1. The van der Waals surface area contributed by atoms with Crippen molar-refractivity contribution in [1.29, 1.82) is 5.26 Å². The van der Waals surface area contributed by atoms with Crippen LogP contribution >= 0.6 is 0 Å². The van der Waals surface area contributed by atoms with Gasteiger partial charge in [0.1, 0.15) is 23.3 Å². The van der Waals surface area contributed by atoms with Crippen LogP contribution in [0.15, 0.2) is 72.0 Å². The zero-order valence-corrected chi connectivity index (χ0v) is 19.1. The molecule has 0 amide bonds. The topological polar surface area (TPSA) is 84.9 Å². The monoisotopic (exact) mass is 457 g/mol. The summed E-state index contributed by atoms with van der Waals surface area (Å²) in [6, 6.07) is 15.0. The minimum atomic E-state index is -0.375. The molecule has 8 heteroatoms. The van der Waals surface area contributed by atoms with Crippen molar-refractivity contribution in [1.82, 2.24) is 14.1 Å². The molecule has 0 aliphatic heterocycles. The van der Waals surface area contributed by atoms with E-state index in [2.05, 4.69) is 16.4 Å². The third kappa shape index (κ3) is 4.69. The van der Waals surface area contributed by atoms with Gasteiger partial charge in [0.15, 0.2) is 0 Å². The molecule has 0 bridgehead atoms. The molecule has 0 radical (unpaired) electrons. The van der Waals surface area contributed by atoms with Crippen molar-refractivity contribution in [2.45, 2.75) is 26.4 Å². The first-order chi connectivity index (χ1) is 16.4. The number of methoxy groups -OCH3 is 1. The summed E-state index contributed by atoms with van der Waals surface area (Å²) in [5, 5.41) is 12.6. The van der Waals surface area contributed by atoms with Gasteiger partial charge in [-0.15, -0.1) is 0 Å². The van der Waals surface area contributed by atoms with Crippen LogP contribution in [0.2, 0.25) is 0 Å². The second-order valence-electron chi connectivity index (χ2n) is 7.98. The lowest BCUT2D eigenvalue weighted by Gasteiger charge is -2.18. The van der Waals surface area contributed by atoms with Crippen molar-refractivity contribution in [2.75, 3.05) is 12.4 Å². The molecule has 2 aromatic heterocycles. The zero-order chi connectivity index (χ0) is 24.2. The van der Waals surface area contributed by atoms with E-state index in [1.807, 2.05) is 42.8 Å². The highest BCUT2D eigenvalue weighted by atomic mass is 19.1. The van der Waals surface area contributed by atoms with Gasteiger partial charge in [0.25, 0.3) is 5.56 Å². The third-order valence-corrected chi connectivity index (χ3v) is 5.66. The number of benzene rings is 2. The van der Waals surface area contributed by atoms with Gasteiger partial charge in [0, 0.05) is 18.9 Å². The summed E-state index contributed by atoms with van der Waals surface area (Å²) in [6.45, 7) is 4.11. The summed E-state index contributed by atoms with van der Waals surface area (Å²) >= 11 is 0. The molecule has 34 heavy (non-hydrogen) atoms. The fraction of sp³-hybridized carbons (Fsp3) is 0.192. The number of nitriles is 1. The summed E-state index contributed by atoms with van der Waals surface area (Å²) in [7, 11) is 1.60. The van der Waals surface area contributed by atoms with E-state index in [4.69, 9.17) is 4.74 Å². The highest BCUT2D eigenvalue weighted by molar-refractivity contribution is 5.51. The molecule has 0 aliphatic carbocycles. The van der Waals surface area contributed by atoms with Crippen LogP contribution in [0.25, 0.3) is 5.69 Å². The van der Waals surface area contributed by atoms with E-state index in [1.165, 1.54) is 29.0 Å². The number of aromatic nitrogens is 3. The van der Waals surface area contributed by atoms with Crippen LogP contribution in [0.3, 0.4) is 0 Å². The van der Waals surface area contributed by atoms with Crippen LogP contribution in [0, 0.1) is 24.1 Å². The number of nitrogens with zero attached hydrogens (tertiary/aromatic N) is 4. The number of halogens is 1. The molecule has 7 nitrogen and oxygen atoms in total. The van der Waals surface area contributed by atoms with Gasteiger partial charge >= 0.3 is 0 Å². The average Bonchev–Trinajstić information content (AvgIpc) is 3.29. The summed E-state index contributed by atoms with van der Waals surface area (Å²) < 4.78 is 22.2. The number of pyridine rings is 1. The molecule has 2 heterocycles. The minimum Gasteiger partial charge on any atom is -0.495 e. The number of imidazole rings is 1. The Kier molecular flexibility index (Phi) is 6.46. The quantitative estimate of drug-likeness (QED) is 0.439. The van der Waals surface area contributed by atoms with Crippen LogP contribution < -0.4 is 15.6 Å². The van der Waals surface area contributed by atoms with E-state index in [9.17, 15) is 14.4 Å². The number of ether oxygens (including phenoxy) is 1. The standard InChI is InChI=1S/C26H24FN5O2/c1-17-14-31(16-30-17)24-9-4-19(11-25(24)34-3)13-29-23-10-20(12-28)15-32(26(23)33)18(2)21-5-7-22(27)8-6-21/h4-11,14-16,18,29H,13H2,1-3H3/t18-/m0/s1. The summed E-state index contributed by atoms with van der Waals surface area (Å²) in [6.07, 6.45) is 5.16. The molecule has 172 valence electrons. The van der Waals surface area contributed by atoms with Crippen molar-refractivity contribution in [2.24, 2.45) is 0 Å². The van der Waals surface area contributed by atoms with Crippen molar-refractivity contribution < 1.29 is 9.13 Å². The van der Waals surface area contributed by atoms with Gasteiger partial charge in [-0.25, -0.2) is 9.37 Å². The molecular formula is C26H24FN5O2. The van der Waals surface area contributed by atoms with Gasteiger partial charge in [-0.1, -0.05) is 18.2 Å². The molecule has 0 saturated heterocycles. The van der Waals surface area contributed by atoms with Crippen LogP contribution in [-0.2, 0) is 6.54 Å². The normalized spacial score (nSPS) is 11.6. The second kappa shape index (κ2) is 9.63. The smallest absolute Gasteiger partial charge is 0.274 e. The van der Waals surface area contributed by atoms with Crippen molar-refractivity contribution in [3.63, 3.8) is 0 Å². The third-order valence-electron chi connectivity index (χ3n) is 5.66. The Morgan fingerprint density at radius 1 is 1.18 bits per heavy atom. The lowest BCUT2D eigenvalue weighted by atomic mass is 10.1. The Morgan fingerprint density at radius 2 is 1.94 bits per heavy atom. The first-order valence-corrected chi connectivity index (χ1v) is 10.7. The molecule has 1 atom stereocenters. The summed E-state index contributed by atoms with van der Waals surface area (Å²) in [5.74, 6) is 0.325. The van der Waals surface area contributed by atoms with Gasteiger partial charge < -0.3 is 19.2 Å². The van der Waals surface area contributed by atoms with E-state index in [0.717, 1.165) is 22.5 Å². The van der Waals surface area contributed by atoms with Crippen LogP contribution in [-0.4, -0.2) is 21.2 Å². The maximum absolute atomic E-state index is 13.3. The fourth-order valence-electron chi connectivity index (χ4n) is 3.77. The van der Waals surface area contributed by atoms with Crippen molar-refractivity contribution >= 4 is 5.69 Å². The molecule has 0 fully saturated rings. The fourth-order valence-corrected chi connectivity index (χ4v) is 3.77. The van der Waals surface area contributed by atoms with E-state index in [0.29, 0.717) is 23.5 Å². The molecule has 1 N–H and O–H groups in total. The molecule has 4 aromatic rings. The Bertz CT molecular complexity index is 1420. The van der Waals surface area contributed by atoms with Gasteiger partial charge in [-0.05, 0) is 55.3 Å². The van der Waals surface area contributed by atoms with Gasteiger partial charge in [0.05, 0.1) is 36.4 Å².